The van der Waals surface area contributed by atoms with Gasteiger partial charge in [0.2, 0.25) is 5.91 Å². The Morgan fingerprint density at radius 1 is 1.13 bits per heavy atom. The average molecular weight is 347 g/mol. The second-order valence-electron chi connectivity index (χ2n) is 4.87. The van der Waals surface area contributed by atoms with E-state index < -0.39 is 0 Å². The predicted molar refractivity (Wildman–Crippen MR) is 91.3 cm³/mol. The Balaban J connectivity index is 1.65. The predicted octanol–water partition coefficient (Wildman–Crippen LogP) is 4.78. The van der Waals surface area contributed by atoms with Crippen molar-refractivity contribution < 1.29 is 9.18 Å². The Hall–Kier alpha value is -2.24. The molecule has 0 aliphatic carbocycles. The fourth-order valence-corrected chi connectivity index (χ4v) is 2.95. The number of hydrogen-bond acceptors (Lipinski definition) is 3. The summed E-state index contributed by atoms with van der Waals surface area (Å²) in [5, 5.41) is 5.97. The van der Waals surface area contributed by atoms with E-state index in [4.69, 9.17) is 11.6 Å². The number of rotatable bonds is 4. The summed E-state index contributed by atoms with van der Waals surface area (Å²) in [4.78, 5) is 16.5. The van der Waals surface area contributed by atoms with Crippen molar-refractivity contribution in [1.82, 2.24) is 4.98 Å². The van der Waals surface area contributed by atoms with Crippen LogP contribution in [0.4, 0.5) is 10.1 Å². The standard InChI is InChI=1S/C17H12ClFN2OS/c18-12-3-7-14(8-4-12)20-16(22)9-17-21-15(10-23-17)11-1-5-13(19)6-2-11/h1-8,10H,9H2,(H,20,22). The van der Waals surface area contributed by atoms with E-state index in [0.29, 0.717) is 15.7 Å². The summed E-state index contributed by atoms with van der Waals surface area (Å²) < 4.78 is 12.9. The van der Waals surface area contributed by atoms with E-state index in [9.17, 15) is 9.18 Å². The van der Waals surface area contributed by atoms with E-state index in [1.165, 1.54) is 23.5 Å². The van der Waals surface area contributed by atoms with Crippen LogP contribution < -0.4 is 5.32 Å². The third-order valence-electron chi connectivity index (χ3n) is 3.13. The maximum absolute atomic E-state index is 12.9. The van der Waals surface area contributed by atoms with E-state index in [-0.39, 0.29) is 18.1 Å². The van der Waals surface area contributed by atoms with Crippen molar-refractivity contribution in [1.29, 1.82) is 0 Å². The van der Waals surface area contributed by atoms with Gasteiger partial charge in [0.05, 0.1) is 12.1 Å². The molecule has 3 rings (SSSR count). The van der Waals surface area contributed by atoms with Gasteiger partial charge in [0, 0.05) is 21.7 Å². The first-order valence-electron chi connectivity index (χ1n) is 6.86. The van der Waals surface area contributed by atoms with E-state index in [0.717, 1.165) is 11.3 Å². The highest BCUT2D eigenvalue weighted by atomic mass is 35.5. The number of carbonyl (C=O) groups is 1. The van der Waals surface area contributed by atoms with Gasteiger partial charge in [-0.25, -0.2) is 9.37 Å². The summed E-state index contributed by atoms with van der Waals surface area (Å²) in [6, 6.07) is 13.0. The molecule has 3 nitrogen and oxygen atoms in total. The van der Waals surface area contributed by atoms with Crippen molar-refractivity contribution in [2.75, 3.05) is 5.32 Å². The second kappa shape index (κ2) is 6.89. The Kier molecular flexibility index (Phi) is 4.69. The monoisotopic (exact) mass is 346 g/mol. The van der Waals surface area contributed by atoms with Crippen molar-refractivity contribution in [3.8, 4) is 11.3 Å². The van der Waals surface area contributed by atoms with E-state index in [1.54, 1.807) is 36.4 Å². The molecule has 1 heterocycles. The van der Waals surface area contributed by atoms with Crippen LogP contribution in [0.25, 0.3) is 11.3 Å². The summed E-state index contributed by atoms with van der Waals surface area (Å²) >= 11 is 7.21. The maximum atomic E-state index is 12.9. The van der Waals surface area contributed by atoms with Crippen molar-refractivity contribution in [2.45, 2.75) is 6.42 Å². The molecule has 2 aromatic carbocycles. The minimum atomic E-state index is -0.286. The van der Waals surface area contributed by atoms with Gasteiger partial charge in [-0.15, -0.1) is 11.3 Å². The number of nitrogens with zero attached hydrogens (tertiary/aromatic N) is 1. The fraction of sp³-hybridized carbons (Fsp3) is 0.0588. The molecule has 0 bridgehead atoms. The molecule has 0 saturated heterocycles. The van der Waals surface area contributed by atoms with Crippen LogP contribution in [0.15, 0.2) is 53.9 Å². The van der Waals surface area contributed by atoms with Crippen LogP contribution in [0, 0.1) is 5.82 Å². The van der Waals surface area contributed by atoms with Crippen LogP contribution in [0.5, 0.6) is 0 Å². The first-order chi connectivity index (χ1) is 11.1. The molecule has 6 heteroatoms. The van der Waals surface area contributed by atoms with Crippen LogP contribution in [0.1, 0.15) is 5.01 Å². The van der Waals surface area contributed by atoms with Gasteiger partial charge in [-0.05, 0) is 48.5 Å². The quantitative estimate of drug-likeness (QED) is 0.738. The van der Waals surface area contributed by atoms with Crippen LogP contribution in [0.3, 0.4) is 0 Å². The molecule has 3 aromatic rings. The second-order valence-corrected chi connectivity index (χ2v) is 6.24. The van der Waals surface area contributed by atoms with Gasteiger partial charge in [0.1, 0.15) is 10.8 Å². The smallest absolute Gasteiger partial charge is 0.231 e. The number of aromatic nitrogens is 1. The van der Waals surface area contributed by atoms with Gasteiger partial charge in [-0.1, -0.05) is 11.6 Å². The average Bonchev–Trinajstić information content (AvgIpc) is 2.98. The molecule has 0 atom stereocenters. The Morgan fingerprint density at radius 2 is 1.83 bits per heavy atom. The number of hydrogen-bond donors (Lipinski definition) is 1. The zero-order chi connectivity index (χ0) is 16.2. The van der Waals surface area contributed by atoms with Crippen LogP contribution in [0.2, 0.25) is 5.02 Å². The Morgan fingerprint density at radius 3 is 2.52 bits per heavy atom. The van der Waals surface area contributed by atoms with Gasteiger partial charge >= 0.3 is 0 Å². The van der Waals surface area contributed by atoms with Crippen LogP contribution in [-0.4, -0.2) is 10.9 Å². The first-order valence-corrected chi connectivity index (χ1v) is 8.12. The summed E-state index contributed by atoms with van der Waals surface area (Å²) in [7, 11) is 0. The van der Waals surface area contributed by atoms with Crippen LogP contribution in [-0.2, 0) is 11.2 Å². The highest BCUT2D eigenvalue weighted by molar-refractivity contribution is 7.10. The van der Waals surface area contributed by atoms with Crippen molar-refractivity contribution >= 4 is 34.5 Å². The Labute approximate surface area is 141 Å². The molecule has 0 aliphatic rings. The number of amides is 1. The summed E-state index contributed by atoms with van der Waals surface area (Å²) in [6.45, 7) is 0. The lowest BCUT2D eigenvalue weighted by Gasteiger charge is -2.03. The lowest BCUT2D eigenvalue weighted by Crippen LogP contribution is -2.14. The summed E-state index contributed by atoms with van der Waals surface area (Å²) in [5.41, 5.74) is 2.26. The largest absolute Gasteiger partial charge is 0.326 e. The molecule has 0 fully saturated rings. The molecular formula is C17H12ClFN2OS. The van der Waals surface area contributed by atoms with Gasteiger partial charge in [-0.2, -0.15) is 0 Å². The number of anilines is 1. The number of thiazole rings is 1. The summed E-state index contributed by atoms with van der Waals surface area (Å²) in [6.07, 6.45) is 0.189. The minimum absolute atomic E-state index is 0.146. The lowest BCUT2D eigenvalue weighted by atomic mass is 10.2. The SMILES string of the molecule is O=C(Cc1nc(-c2ccc(F)cc2)cs1)Nc1ccc(Cl)cc1. The van der Waals surface area contributed by atoms with Gasteiger partial charge in [0.15, 0.2) is 0 Å². The zero-order valence-electron chi connectivity index (χ0n) is 11.9. The number of halogens is 2. The molecule has 1 amide bonds. The van der Waals surface area contributed by atoms with E-state index >= 15 is 0 Å². The van der Waals surface area contributed by atoms with Crippen molar-refractivity contribution in [2.24, 2.45) is 0 Å². The highest BCUT2D eigenvalue weighted by Crippen LogP contribution is 2.22. The number of benzene rings is 2. The molecule has 1 aromatic heterocycles. The highest BCUT2D eigenvalue weighted by Gasteiger charge is 2.09. The first kappa shape index (κ1) is 15.6. The summed E-state index contributed by atoms with van der Waals surface area (Å²) in [5.74, 6) is -0.432. The molecular weight excluding hydrogens is 335 g/mol. The van der Waals surface area contributed by atoms with Crippen molar-refractivity contribution in [3.63, 3.8) is 0 Å². The van der Waals surface area contributed by atoms with Gasteiger partial charge in [0.25, 0.3) is 0 Å². The van der Waals surface area contributed by atoms with Gasteiger partial charge < -0.3 is 5.32 Å². The van der Waals surface area contributed by atoms with E-state index in [1.807, 2.05) is 5.38 Å². The normalized spacial score (nSPS) is 10.5. The number of carbonyl (C=O) groups excluding carboxylic acids is 1. The fourth-order valence-electron chi connectivity index (χ4n) is 2.02. The molecule has 0 aliphatic heterocycles. The minimum Gasteiger partial charge on any atom is -0.326 e. The molecule has 23 heavy (non-hydrogen) atoms. The van der Waals surface area contributed by atoms with Crippen LogP contribution >= 0.6 is 22.9 Å². The zero-order valence-corrected chi connectivity index (χ0v) is 13.5. The van der Waals surface area contributed by atoms with E-state index in [2.05, 4.69) is 10.3 Å². The molecule has 0 unspecified atom stereocenters. The lowest BCUT2D eigenvalue weighted by molar-refractivity contribution is -0.115. The topological polar surface area (TPSA) is 42.0 Å². The maximum Gasteiger partial charge on any atom is 0.231 e. The van der Waals surface area contributed by atoms with Gasteiger partial charge in [-0.3, -0.25) is 4.79 Å². The molecule has 116 valence electrons. The Bertz CT molecular complexity index is 815. The molecule has 0 radical (unpaired) electrons. The third kappa shape index (κ3) is 4.15. The molecule has 0 spiro atoms. The van der Waals surface area contributed by atoms with Crippen molar-refractivity contribution in [3.05, 3.63) is 69.8 Å². The number of nitrogens with one attached hydrogen (secondary N) is 1. The molecule has 0 saturated carbocycles. The molecule has 1 N–H and O–H groups in total. The third-order valence-corrected chi connectivity index (χ3v) is 4.23.